The molecule has 0 unspecified atom stereocenters. The Kier molecular flexibility index (Phi) is 9.00. The molecule has 3 aromatic rings. The highest BCUT2D eigenvalue weighted by Crippen LogP contribution is 2.46. The van der Waals surface area contributed by atoms with Crippen molar-refractivity contribution in [2.75, 3.05) is 0 Å². The molecule has 4 rings (SSSR count). The van der Waals surface area contributed by atoms with Crippen LogP contribution in [0.3, 0.4) is 0 Å². The van der Waals surface area contributed by atoms with Crippen molar-refractivity contribution in [3.05, 3.63) is 93.6 Å². The summed E-state index contributed by atoms with van der Waals surface area (Å²) in [6, 6.07) is 23.2. The Morgan fingerprint density at radius 2 is 0.651 bits per heavy atom. The Bertz CT molecular complexity index is 1450. The second kappa shape index (κ2) is 11.4. The zero-order chi connectivity index (χ0) is 32.4. The topological polar surface area (TPSA) is 0 Å². The quantitative estimate of drug-likeness (QED) is 0.183. The summed E-state index contributed by atoms with van der Waals surface area (Å²) in [6.07, 6.45) is 0. The van der Waals surface area contributed by atoms with E-state index in [1.165, 1.54) is 27.8 Å². The van der Waals surface area contributed by atoms with Crippen molar-refractivity contribution < 1.29 is 0 Å². The molecule has 43 heavy (non-hydrogen) atoms. The van der Waals surface area contributed by atoms with Gasteiger partial charge in [-0.3, -0.25) is 0 Å². The van der Waals surface area contributed by atoms with Gasteiger partial charge in [0.15, 0.2) is 8.07 Å². The Morgan fingerprint density at radius 3 is 0.884 bits per heavy atom. The summed E-state index contributed by atoms with van der Waals surface area (Å²) in [5.74, 6) is 0. The Balaban J connectivity index is 2.33. The number of rotatable bonds is 7. The van der Waals surface area contributed by atoms with Crippen LogP contribution in [0.5, 0.6) is 0 Å². The first-order chi connectivity index (χ1) is 19.6. The van der Waals surface area contributed by atoms with Crippen molar-refractivity contribution in [3.8, 4) is 0 Å². The van der Waals surface area contributed by atoms with E-state index in [-0.39, 0.29) is 0 Å². The van der Waals surface area contributed by atoms with Crippen LogP contribution in [0.2, 0.25) is 64.5 Å². The van der Waals surface area contributed by atoms with E-state index in [1.807, 2.05) is 0 Å². The molecule has 0 fully saturated rings. The van der Waals surface area contributed by atoms with Crippen molar-refractivity contribution in [2.45, 2.75) is 113 Å². The molecule has 0 aliphatic heterocycles. The van der Waals surface area contributed by atoms with Gasteiger partial charge in [-0.2, -0.15) is 0 Å². The van der Waals surface area contributed by atoms with Gasteiger partial charge in [0, 0.05) is 5.54 Å². The van der Waals surface area contributed by atoms with Gasteiger partial charge in [-0.25, -0.2) is 0 Å². The third-order valence-electron chi connectivity index (χ3n) is 10.5. The molecule has 0 spiro atoms. The molecular weight excluding hydrogens is 581 g/mol. The molecule has 0 bridgehead atoms. The van der Waals surface area contributed by atoms with Crippen LogP contribution in [-0.4, -0.2) is 32.3 Å². The maximum absolute atomic E-state index is 2.71. The smallest absolute Gasteiger partial charge is 0.0656 e. The maximum atomic E-state index is 2.71. The van der Waals surface area contributed by atoms with Crippen molar-refractivity contribution >= 4 is 63.4 Å². The fraction of sp³-hybridized carbons (Fsp3) is 0.436. The van der Waals surface area contributed by atoms with Gasteiger partial charge < -0.3 is 0 Å². The van der Waals surface area contributed by atoms with Crippen LogP contribution in [0.15, 0.2) is 76.9 Å². The lowest BCUT2D eigenvalue weighted by Crippen LogP contribution is -2.72. The normalized spacial score (nSPS) is 15.6. The highest BCUT2D eigenvalue weighted by Gasteiger charge is 2.51. The highest BCUT2D eigenvalue weighted by molar-refractivity contribution is 7.14. The summed E-state index contributed by atoms with van der Waals surface area (Å²) in [4.78, 5) is 0. The Hall–Kier alpha value is -1.99. The molecule has 0 atom stereocenters. The van der Waals surface area contributed by atoms with E-state index in [0.717, 1.165) is 0 Å². The van der Waals surface area contributed by atoms with E-state index in [2.05, 4.69) is 162 Å². The van der Waals surface area contributed by atoms with Gasteiger partial charge in [-0.05, 0) is 75.2 Å². The van der Waals surface area contributed by atoms with E-state index in [4.69, 9.17) is 0 Å². The first-order valence-corrected chi connectivity index (χ1v) is 28.9. The third kappa shape index (κ3) is 5.90. The van der Waals surface area contributed by atoms with Gasteiger partial charge in [0.2, 0.25) is 0 Å². The second-order valence-corrected chi connectivity index (χ2v) is 35.7. The molecule has 1 aliphatic rings. The molecule has 0 radical (unpaired) electrons. The van der Waals surface area contributed by atoms with Gasteiger partial charge in [0.25, 0.3) is 0 Å². The van der Waals surface area contributed by atoms with Crippen LogP contribution in [0.25, 0.3) is 0 Å². The fourth-order valence-electron chi connectivity index (χ4n) is 8.02. The highest BCUT2D eigenvalue weighted by atomic mass is 28.3. The first kappa shape index (κ1) is 33.9. The summed E-state index contributed by atoms with van der Waals surface area (Å²) < 4.78 is 0. The molecule has 0 saturated heterocycles. The lowest BCUT2D eigenvalue weighted by molar-refractivity contribution is 1.09. The summed E-state index contributed by atoms with van der Waals surface area (Å²) in [6.45, 7) is 39.4. The van der Waals surface area contributed by atoms with E-state index >= 15 is 0 Å². The van der Waals surface area contributed by atoms with Gasteiger partial charge in [0.05, 0.1) is 24.2 Å². The van der Waals surface area contributed by atoms with Crippen LogP contribution < -0.4 is 31.1 Å². The Labute approximate surface area is 268 Å². The van der Waals surface area contributed by atoms with Crippen LogP contribution in [0.1, 0.15) is 44.4 Å². The minimum atomic E-state index is -2.65. The van der Waals surface area contributed by atoms with Crippen molar-refractivity contribution in [1.29, 1.82) is 0 Å². The van der Waals surface area contributed by atoms with E-state index < -0.39 is 32.3 Å². The van der Waals surface area contributed by atoms with E-state index in [0.29, 0.717) is 5.54 Å². The Morgan fingerprint density at radius 1 is 0.395 bits per heavy atom. The number of aryl methyl sites for hydroxylation is 3. The van der Waals surface area contributed by atoms with Crippen LogP contribution in [0, 0.1) is 20.8 Å². The van der Waals surface area contributed by atoms with Gasteiger partial charge in [-0.15, -0.1) is 0 Å². The molecule has 3 aromatic carbocycles. The number of hydrogen-bond acceptors (Lipinski definition) is 0. The largest absolute Gasteiger partial charge is 0.159 e. The summed E-state index contributed by atoms with van der Waals surface area (Å²) >= 11 is 0. The predicted molar refractivity (Wildman–Crippen MR) is 208 cm³/mol. The monoisotopic (exact) mass is 638 g/mol. The lowest BCUT2D eigenvalue weighted by atomic mass is 10.1. The standard InChI is InChI=1S/C39H58Si4/c1-26-17-20-33(23-36(26)40(8,9)10)43(39-31(6)29(4)30(5)32(39)7,34-21-18-27(2)37(24-34)41(11,12)13)35-22-19-28(3)38(25-35)42(14,15)16/h17-25,39H,1-16H3. The van der Waals surface area contributed by atoms with E-state index in [9.17, 15) is 0 Å². The number of benzene rings is 3. The molecule has 0 N–H and O–H groups in total. The minimum Gasteiger partial charge on any atom is -0.0656 e. The zero-order valence-corrected chi connectivity index (χ0v) is 34.3. The minimum absolute atomic E-state index is 0.402. The second-order valence-electron chi connectivity index (χ2n) is 16.7. The molecule has 1 aliphatic carbocycles. The first-order valence-electron chi connectivity index (χ1n) is 16.3. The summed E-state index contributed by atoms with van der Waals surface area (Å²) in [5.41, 5.74) is 11.0. The molecule has 0 saturated carbocycles. The average Bonchev–Trinajstić information content (AvgIpc) is 3.07. The van der Waals surface area contributed by atoms with Crippen molar-refractivity contribution in [3.63, 3.8) is 0 Å². The van der Waals surface area contributed by atoms with Gasteiger partial charge >= 0.3 is 0 Å². The molecule has 0 heterocycles. The summed E-state index contributed by atoms with van der Waals surface area (Å²) in [7, 11) is -7.38. The van der Waals surface area contributed by atoms with Crippen LogP contribution in [-0.2, 0) is 0 Å². The molecular formula is C39H58Si4. The number of hydrogen-bond donors (Lipinski definition) is 0. The van der Waals surface area contributed by atoms with Gasteiger partial charge in [0.1, 0.15) is 0 Å². The van der Waals surface area contributed by atoms with Crippen molar-refractivity contribution in [1.82, 2.24) is 0 Å². The summed E-state index contributed by atoms with van der Waals surface area (Å²) in [5, 5.41) is 9.64. The fourth-order valence-corrected chi connectivity index (χ4v) is 19.9. The van der Waals surface area contributed by atoms with Crippen molar-refractivity contribution in [2.24, 2.45) is 0 Å². The SMILES string of the molecule is CC1=C(C)C([Si](c2ccc(C)c([Si](C)(C)C)c2)(c2ccc(C)c([Si](C)(C)C)c2)c2ccc(C)c([Si](C)(C)C)c2)C(C)=C1C. The molecule has 230 valence electrons. The average molecular weight is 639 g/mol. The maximum Gasteiger partial charge on any atom is 0.159 e. The van der Waals surface area contributed by atoms with Gasteiger partial charge in [-0.1, -0.05) is 157 Å². The van der Waals surface area contributed by atoms with Crippen LogP contribution in [0.4, 0.5) is 0 Å². The molecule has 0 amide bonds. The van der Waals surface area contributed by atoms with Crippen LogP contribution >= 0.6 is 0 Å². The zero-order valence-electron chi connectivity index (χ0n) is 30.3. The molecule has 4 heteroatoms. The third-order valence-corrected chi connectivity index (χ3v) is 22.4. The predicted octanol–water partition coefficient (Wildman–Crippen LogP) is 7.77. The molecule has 0 aromatic heterocycles. The number of allylic oxidation sites excluding steroid dienone is 4. The lowest BCUT2D eigenvalue weighted by Gasteiger charge is -2.43. The molecule has 0 nitrogen and oxygen atoms in total. The van der Waals surface area contributed by atoms with E-state index in [1.54, 1.807) is 42.3 Å².